The number of amides is 1. The van der Waals surface area contributed by atoms with E-state index in [9.17, 15) is 4.79 Å². The van der Waals surface area contributed by atoms with Gasteiger partial charge >= 0.3 is 0 Å². The second-order valence-electron chi connectivity index (χ2n) is 5.54. The van der Waals surface area contributed by atoms with E-state index in [1.165, 1.54) is 11.3 Å². The Kier molecular flexibility index (Phi) is 6.16. The monoisotopic (exact) mass is 403 g/mol. The van der Waals surface area contributed by atoms with Crippen LogP contribution >= 0.6 is 22.9 Å². The van der Waals surface area contributed by atoms with E-state index in [1.54, 1.807) is 37.8 Å². The van der Waals surface area contributed by atoms with Crippen molar-refractivity contribution >= 4 is 39.7 Å². The number of methoxy groups -OCH3 is 2. The molecule has 6 nitrogen and oxygen atoms in total. The van der Waals surface area contributed by atoms with Crippen LogP contribution in [-0.2, 0) is 6.54 Å². The number of aromatic nitrogens is 1. The van der Waals surface area contributed by atoms with Crippen LogP contribution in [0.1, 0.15) is 16.1 Å². The van der Waals surface area contributed by atoms with Gasteiger partial charge in [0, 0.05) is 23.0 Å². The van der Waals surface area contributed by atoms with Gasteiger partial charge in [0.25, 0.3) is 5.91 Å². The molecule has 0 aliphatic carbocycles. The topological polar surface area (TPSA) is 72.5 Å². The maximum atomic E-state index is 12.3. The summed E-state index contributed by atoms with van der Waals surface area (Å²) in [6.07, 6.45) is 0. The summed E-state index contributed by atoms with van der Waals surface area (Å²) in [6.45, 7) is 0.405. The first-order chi connectivity index (χ1) is 13.1. The van der Waals surface area contributed by atoms with Gasteiger partial charge in [0.2, 0.25) is 0 Å². The zero-order chi connectivity index (χ0) is 19.2. The van der Waals surface area contributed by atoms with E-state index in [0.29, 0.717) is 33.9 Å². The molecule has 1 heterocycles. The molecule has 2 N–H and O–H groups in total. The van der Waals surface area contributed by atoms with Crippen LogP contribution in [0.3, 0.4) is 0 Å². The van der Waals surface area contributed by atoms with E-state index in [0.717, 1.165) is 11.3 Å². The molecule has 0 aliphatic heterocycles. The molecule has 1 aromatic heterocycles. The number of rotatable bonds is 7. The molecule has 8 heteroatoms. The lowest BCUT2D eigenvalue weighted by Gasteiger charge is -2.10. The second-order valence-corrected chi connectivity index (χ2v) is 6.83. The van der Waals surface area contributed by atoms with Gasteiger partial charge in [-0.3, -0.25) is 4.79 Å². The van der Waals surface area contributed by atoms with E-state index < -0.39 is 0 Å². The Morgan fingerprint density at radius 3 is 2.63 bits per heavy atom. The van der Waals surface area contributed by atoms with Crippen molar-refractivity contribution in [2.45, 2.75) is 6.54 Å². The zero-order valence-corrected chi connectivity index (χ0v) is 16.4. The van der Waals surface area contributed by atoms with Crippen LogP contribution < -0.4 is 20.1 Å². The number of hydrogen-bond acceptors (Lipinski definition) is 6. The second kappa shape index (κ2) is 8.75. The average molecular weight is 404 g/mol. The molecule has 140 valence electrons. The first kappa shape index (κ1) is 19.0. The maximum absolute atomic E-state index is 12.3. The van der Waals surface area contributed by atoms with Crippen LogP contribution in [0.25, 0.3) is 0 Å². The van der Waals surface area contributed by atoms with Crippen LogP contribution in [0.15, 0.2) is 47.8 Å². The minimum absolute atomic E-state index is 0.240. The molecule has 0 saturated carbocycles. The summed E-state index contributed by atoms with van der Waals surface area (Å²) in [5, 5.41) is 8.96. The number of nitrogens with one attached hydrogen (secondary N) is 2. The molecule has 0 radical (unpaired) electrons. The Balaban J connectivity index is 1.64. The molecule has 0 atom stereocenters. The number of ether oxygens (including phenoxy) is 2. The molecule has 0 fully saturated rings. The molecule has 0 spiro atoms. The Morgan fingerprint density at radius 2 is 1.93 bits per heavy atom. The molecular formula is C19H18ClN3O3S. The normalized spacial score (nSPS) is 10.3. The Bertz CT molecular complexity index is 928. The molecule has 1 amide bonds. The average Bonchev–Trinajstić information content (AvgIpc) is 3.16. The third kappa shape index (κ3) is 4.90. The van der Waals surface area contributed by atoms with Crippen LogP contribution in [0.2, 0.25) is 5.02 Å². The Morgan fingerprint density at radius 1 is 1.15 bits per heavy atom. The van der Waals surface area contributed by atoms with Gasteiger partial charge in [-0.2, -0.15) is 0 Å². The van der Waals surface area contributed by atoms with Crippen molar-refractivity contribution in [3.05, 3.63) is 64.1 Å². The number of nitrogens with zero attached hydrogens (tertiary/aromatic N) is 1. The van der Waals surface area contributed by atoms with Crippen LogP contribution in [0, 0.1) is 0 Å². The zero-order valence-electron chi connectivity index (χ0n) is 14.8. The Hall–Kier alpha value is -2.77. The van der Waals surface area contributed by atoms with E-state index in [-0.39, 0.29) is 5.91 Å². The largest absolute Gasteiger partial charge is 0.497 e. The predicted molar refractivity (Wildman–Crippen MR) is 108 cm³/mol. The summed E-state index contributed by atoms with van der Waals surface area (Å²) in [4.78, 5) is 16.6. The maximum Gasteiger partial charge on any atom is 0.271 e. The third-order valence-electron chi connectivity index (χ3n) is 3.75. The van der Waals surface area contributed by atoms with E-state index in [1.807, 2.05) is 24.3 Å². The standard InChI is InChI=1S/C19H18ClN3O3S/c1-25-14-7-8-15(17(9-14)26-2)22-19-23-16(11-27-19)18(24)21-10-12-3-5-13(20)6-4-12/h3-9,11H,10H2,1-2H3,(H,21,24)(H,22,23). The van der Waals surface area contributed by atoms with E-state index in [2.05, 4.69) is 15.6 Å². The van der Waals surface area contributed by atoms with Gasteiger partial charge in [0.05, 0.1) is 19.9 Å². The molecule has 27 heavy (non-hydrogen) atoms. The SMILES string of the molecule is COc1ccc(Nc2nc(C(=O)NCc3ccc(Cl)cc3)cs2)c(OC)c1. The summed E-state index contributed by atoms with van der Waals surface area (Å²) in [5.41, 5.74) is 2.05. The predicted octanol–water partition coefficient (Wildman–Crippen LogP) is 4.49. The highest BCUT2D eigenvalue weighted by Gasteiger charge is 2.12. The molecule has 0 aliphatic rings. The molecular weight excluding hydrogens is 386 g/mol. The lowest BCUT2D eigenvalue weighted by molar-refractivity contribution is 0.0946. The highest BCUT2D eigenvalue weighted by Crippen LogP contribution is 2.32. The lowest BCUT2D eigenvalue weighted by Crippen LogP contribution is -2.23. The molecule has 2 aromatic carbocycles. The van der Waals surface area contributed by atoms with Crippen molar-refractivity contribution < 1.29 is 14.3 Å². The summed E-state index contributed by atoms with van der Waals surface area (Å²) in [5.74, 6) is 1.08. The molecule has 0 saturated heterocycles. The van der Waals surface area contributed by atoms with Crippen molar-refractivity contribution in [3.63, 3.8) is 0 Å². The molecule has 3 rings (SSSR count). The summed E-state index contributed by atoms with van der Waals surface area (Å²) < 4.78 is 10.5. The number of hydrogen-bond donors (Lipinski definition) is 2. The van der Waals surface area contributed by atoms with E-state index >= 15 is 0 Å². The van der Waals surface area contributed by atoms with Gasteiger partial charge in [-0.25, -0.2) is 4.98 Å². The highest BCUT2D eigenvalue weighted by atomic mass is 35.5. The van der Waals surface area contributed by atoms with Crippen LogP contribution in [0.5, 0.6) is 11.5 Å². The number of carbonyl (C=O) groups is 1. The fraction of sp³-hybridized carbons (Fsp3) is 0.158. The van der Waals surface area contributed by atoms with Crippen molar-refractivity contribution in [1.29, 1.82) is 0 Å². The van der Waals surface area contributed by atoms with Crippen molar-refractivity contribution in [1.82, 2.24) is 10.3 Å². The van der Waals surface area contributed by atoms with Gasteiger partial charge in [0.15, 0.2) is 5.13 Å². The fourth-order valence-corrected chi connectivity index (χ4v) is 3.16. The fourth-order valence-electron chi connectivity index (χ4n) is 2.33. The number of halogens is 1. The van der Waals surface area contributed by atoms with Crippen molar-refractivity contribution in [3.8, 4) is 11.5 Å². The van der Waals surface area contributed by atoms with Gasteiger partial charge in [-0.15, -0.1) is 11.3 Å². The van der Waals surface area contributed by atoms with Gasteiger partial charge < -0.3 is 20.1 Å². The summed E-state index contributed by atoms with van der Waals surface area (Å²) in [6, 6.07) is 12.7. The van der Waals surface area contributed by atoms with Crippen molar-refractivity contribution in [2.75, 3.05) is 19.5 Å². The molecule has 0 unspecified atom stereocenters. The first-order valence-corrected chi connectivity index (χ1v) is 9.32. The number of thiazole rings is 1. The Labute approximate surface area is 166 Å². The van der Waals surface area contributed by atoms with Gasteiger partial charge in [-0.05, 0) is 29.8 Å². The number of anilines is 2. The third-order valence-corrected chi connectivity index (χ3v) is 4.76. The van der Waals surface area contributed by atoms with Crippen LogP contribution in [-0.4, -0.2) is 25.1 Å². The number of benzene rings is 2. The first-order valence-electron chi connectivity index (χ1n) is 8.06. The summed E-state index contributed by atoms with van der Waals surface area (Å²) in [7, 11) is 3.18. The minimum Gasteiger partial charge on any atom is -0.497 e. The van der Waals surface area contributed by atoms with Gasteiger partial charge in [0.1, 0.15) is 17.2 Å². The van der Waals surface area contributed by atoms with Crippen LogP contribution in [0.4, 0.5) is 10.8 Å². The lowest BCUT2D eigenvalue weighted by atomic mass is 10.2. The van der Waals surface area contributed by atoms with E-state index in [4.69, 9.17) is 21.1 Å². The highest BCUT2D eigenvalue weighted by molar-refractivity contribution is 7.14. The minimum atomic E-state index is -0.240. The van der Waals surface area contributed by atoms with Crippen molar-refractivity contribution in [2.24, 2.45) is 0 Å². The summed E-state index contributed by atoms with van der Waals surface area (Å²) >= 11 is 7.20. The molecule has 3 aromatic rings. The quantitative estimate of drug-likeness (QED) is 0.608. The van der Waals surface area contributed by atoms with Gasteiger partial charge in [-0.1, -0.05) is 23.7 Å². The molecule has 0 bridgehead atoms. The number of carbonyl (C=O) groups excluding carboxylic acids is 1. The smallest absolute Gasteiger partial charge is 0.271 e.